The molecule has 0 unspecified atom stereocenters. The summed E-state index contributed by atoms with van der Waals surface area (Å²) in [7, 11) is 0. The maximum Gasteiger partial charge on any atom is 0.326 e. The highest BCUT2D eigenvalue weighted by molar-refractivity contribution is 5.83. The van der Waals surface area contributed by atoms with Crippen LogP contribution in [0.15, 0.2) is 24.3 Å². The van der Waals surface area contributed by atoms with Crippen LogP contribution in [-0.4, -0.2) is 43.2 Å². The minimum absolute atomic E-state index is 0.168. The van der Waals surface area contributed by atoms with E-state index in [4.69, 9.17) is 0 Å². The fraction of sp³-hybridized carbons (Fsp3) is 0.438. The van der Waals surface area contributed by atoms with Gasteiger partial charge in [-0.25, -0.2) is 4.79 Å². The number of aryl methyl sites for hydroxylation is 1. The second-order valence-electron chi connectivity index (χ2n) is 5.78. The number of hydrogen-bond acceptors (Lipinski definition) is 5. The SMILES string of the molecule is CC[C@H](C)[C@H](NC(=O)Cn1nnc(-c2ccc(C)cc2)n1)C(=O)O. The number of hydrogen-bond donors (Lipinski definition) is 2. The average Bonchev–Trinajstić information content (AvgIpc) is 3.00. The number of carboxylic acid groups (broad SMARTS) is 1. The third kappa shape index (κ3) is 4.37. The minimum atomic E-state index is -1.05. The molecule has 128 valence electrons. The van der Waals surface area contributed by atoms with Crippen molar-refractivity contribution in [2.75, 3.05) is 0 Å². The van der Waals surface area contributed by atoms with Crippen LogP contribution in [0.25, 0.3) is 11.4 Å². The lowest BCUT2D eigenvalue weighted by atomic mass is 9.99. The van der Waals surface area contributed by atoms with E-state index >= 15 is 0 Å². The van der Waals surface area contributed by atoms with Crippen LogP contribution in [0.2, 0.25) is 0 Å². The van der Waals surface area contributed by atoms with Crippen LogP contribution in [-0.2, 0) is 16.1 Å². The first kappa shape index (κ1) is 17.6. The Morgan fingerprint density at radius 3 is 2.54 bits per heavy atom. The van der Waals surface area contributed by atoms with E-state index in [9.17, 15) is 14.7 Å². The van der Waals surface area contributed by atoms with Crippen molar-refractivity contribution in [3.63, 3.8) is 0 Å². The number of benzene rings is 1. The van der Waals surface area contributed by atoms with Crippen molar-refractivity contribution in [2.24, 2.45) is 5.92 Å². The molecule has 8 nitrogen and oxygen atoms in total. The predicted molar refractivity (Wildman–Crippen MR) is 87.0 cm³/mol. The van der Waals surface area contributed by atoms with E-state index in [1.54, 1.807) is 6.92 Å². The molecule has 1 aromatic carbocycles. The molecule has 0 fully saturated rings. The summed E-state index contributed by atoms with van der Waals surface area (Å²) in [6.45, 7) is 5.45. The highest BCUT2D eigenvalue weighted by Gasteiger charge is 2.25. The van der Waals surface area contributed by atoms with Gasteiger partial charge in [-0.15, -0.1) is 10.2 Å². The summed E-state index contributed by atoms with van der Waals surface area (Å²) >= 11 is 0. The lowest BCUT2D eigenvalue weighted by Crippen LogP contribution is -2.46. The van der Waals surface area contributed by atoms with E-state index in [-0.39, 0.29) is 12.5 Å². The quantitative estimate of drug-likeness (QED) is 0.790. The largest absolute Gasteiger partial charge is 0.480 e. The van der Waals surface area contributed by atoms with Gasteiger partial charge in [-0.1, -0.05) is 50.1 Å². The summed E-state index contributed by atoms with van der Waals surface area (Å²) in [5.41, 5.74) is 1.92. The number of nitrogens with zero attached hydrogens (tertiary/aromatic N) is 4. The normalized spacial score (nSPS) is 13.3. The summed E-state index contributed by atoms with van der Waals surface area (Å²) in [6.07, 6.45) is 0.649. The summed E-state index contributed by atoms with van der Waals surface area (Å²) < 4.78 is 0. The molecule has 0 aliphatic carbocycles. The van der Waals surface area contributed by atoms with Crippen LogP contribution >= 0.6 is 0 Å². The molecule has 2 aromatic rings. The van der Waals surface area contributed by atoms with Crippen molar-refractivity contribution >= 4 is 11.9 Å². The zero-order chi connectivity index (χ0) is 17.7. The topological polar surface area (TPSA) is 110 Å². The molecule has 2 N–H and O–H groups in total. The number of amides is 1. The zero-order valence-electron chi connectivity index (χ0n) is 13.9. The molecule has 1 amide bonds. The molecule has 2 rings (SSSR count). The van der Waals surface area contributed by atoms with Crippen molar-refractivity contribution < 1.29 is 14.7 Å². The van der Waals surface area contributed by atoms with Gasteiger partial charge in [0.05, 0.1) is 0 Å². The van der Waals surface area contributed by atoms with Crippen LogP contribution in [0, 0.1) is 12.8 Å². The van der Waals surface area contributed by atoms with E-state index in [0.717, 1.165) is 15.9 Å². The lowest BCUT2D eigenvalue weighted by molar-refractivity contribution is -0.143. The Bertz CT molecular complexity index is 711. The smallest absolute Gasteiger partial charge is 0.326 e. The number of aliphatic carboxylic acids is 1. The monoisotopic (exact) mass is 331 g/mol. The first-order valence-electron chi connectivity index (χ1n) is 7.77. The van der Waals surface area contributed by atoms with Gasteiger partial charge in [0, 0.05) is 5.56 Å². The number of carbonyl (C=O) groups excluding carboxylic acids is 1. The highest BCUT2D eigenvalue weighted by atomic mass is 16.4. The fourth-order valence-corrected chi connectivity index (χ4v) is 2.16. The van der Waals surface area contributed by atoms with Crippen molar-refractivity contribution in [2.45, 2.75) is 39.8 Å². The number of nitrogens with one attached hydrogen (secondary N) is 1. The summed E-state index contributed by atoms with van der Waals surface area (Å²) in [5.74, 6) is -1.27. The molecule has 0 saturated carbocycles. The standard InChI is InChI=1S/C16H21N5O3/c1-4-11(3)14(16(23)24)17-13(22)9-21-19-15(18-20-21)12-7-5-10(2)6-8-12/h5-8,11,14H,4,9H2,1-3H3,(H,17,22)(H,23,24)/t11-,14-/m0/s1. The number of rotatable bonds is 7. The van der Waals surface area contributed by atoms with Crippen LogP contribution in [0.5, 0.6) is 0 Å². The van der Waals surface area contributed by atoms with Gasteiger partial charge in [-0.05, 0) is 18.1 Å². The zero-order valence-corrected chi connectivity index (χ0v) is 13.9. The van der Waals surface area contributed by atoms with E-state index in [0.29, 0.717) is 12.2 Å². The molecule has 1 heterocycles. The molecular weight excluding hydrogens is 310 g/mol. The van der Waals surface area contributed by atoms with Gasteiger partial charge in [-0.2, -0.15) is 4.80 Å². The Kier molecular flexibility index (Phi) is 5.62. The summed E-state index contributed by atoms with van der Waals surface area (Å²) in [4.78, 5) is 24.4. The molecule has 0 saturated heterocycles. The van der Waals surface area contributed by atoms with E-state index in [2.05, 4.69) is 20.7 Å². The van der Waals surface area contributed by atoms with E-state index < -0.39 is 17.9 Å². The van der Waals surface area contributed by atoms with E-state index in [1.807, 2.05) is 38.1 Å². The Hall–Kier alpha value is -2.77. The van der Waals surface area contributed by atoms with Gasteiger partial charge < -0.3 is 10.4 Å². The van der Waals surface area contributed by atoms with Gasteiger partial charge in [0.25, 0.3) is 0 Å². The summed E-state index contributed by atoms with van der Waals surface area (Å²) in [5, 5.41) is 23.6. The number of carboxylic acids is 1. The molecule has 8 heteroatoms. The molecular formula is C16H21N5O3. The first-order valence-corrected chi connectivity index (χ1v) is 7.77. The molecule has 24 heavy (non-hydrogen) atoms. The van der Waals surface area contributed by atoms with Crippen LogP contribution in [0.3, 0.4) is 0 Å². The van der Waals surface area contributed by atoms with Crippen molar-refractivity contribution in [1.82, 2.24) is 25.5 Å². The van der Waals surface area contributed by atoms with Crippen LogP contribution in [0.1, 0.15) is 25.8 Å². The van der Waals surface area contributed by atoms with Crippen LogP contribution < -0.4 is 5.32 Å². The third-order valence-electron chi connectivity index (χ3n) is 3.84. The van der Waals surface area contributed by atoms with Gasteiger partial charge in [-0.3, -0.25) is 4.79 Å². The van der Waals surface area contributed by atoms with Gasteiger partial charge in [0.15, 0.2) is 0 Å². The maximum atomic E-state index is 12.0. The highest BCUT2D eigenvalue weighted by Crippen LogP contribution is 2.14. The average molecular weight is 331 g/mol. The molecule has 0 bridgehead atoms. The van der Waals surface area contributed by atoms with Crippen molar-refractivity contribution in [3.05, 3.63) is 29.8 Å². The molecule has 0 radical (unpaired) electrons. The lowest BCUT2D eigenvalue weighted by Gasteiger charge is -2.19. The van der Waals surface area contributed by atoms with Crippen molar-refractivity contribution in [1.29, 1.82) is 0 Å². The Morgan fingerprint density at radius 2 is 1.96 bits per heavy atom. The second kappa shape index (κ2) is 7.67. The fourth-order valence-electron chi connectivity index (χ4n) is 2.16. The molecule has 0 aliphatic heterocycles. The molecule has 2 atom stereocenters. The molecule has 0 spiro atoms. The van der Waals surface area contributed by atoms with Crippen molar-refractivity contribution in [3.8, 4) is 11.4 Å². The molecule has 1 aromatic heterocycles. The van der Waals surface area contributed by atoms with Crippen LogP contribution in [0.4, 0.5) is 0 Å². The Labute approximate surface area is 139 Å². The minimum Gasteiger partial charge on any atom is -0.480 e. The third-order valence-corrected chi connectivity index (χ3v) is 3.84. The number of carbonyl (C=O) groups is 2. The molecule has 0 aliphatic rings. The Balaban J connectivity index is 2.02. The first-order chi connectivity index (χ1) is 11.4. The number of aromatic nitrogens is 4. The second-order valence-corrected chi connectivity index (χ2v) is 5.78. The summed E-state index contributed by atoms with van der Waals surface area (Å²) in [6, 6.07) is 6.70. The van der Waals surface area contributed by atoms with Gasteiger partial charge >= 0.3 is 5.97 Å². The Morgan fingerprint density at radius 1 is 1.29 bits per heavy atom. The van der Waals surface area contributed by atoms with E-state index in [1.165, 1.54) is 0 Å². The predicted octanol–water partition coefficient (Wildman–Crippen LogP) is 1.26. The van der Waals surface area contributed by atoms with Gasteiger partial charge in [0.1, 0.15) is 12.6 Å². The maximum absolute atomic E-state index is 12.0. The van der Waals surface area contributed by atoms with Gasteiger partial charge in [0.2, 0.25) is 11.7 Å². The number of tetrazole rings is 1.